The number of hydrogen-bond acceptors (Lipinski definition) is 4. The van der Waals surface area contributed by atoms with Gasteiger partial charge in [-0.25, -0.2) is 0 Å². The number of nitrogens with two attached hydrogens (primary N) is 1. The van der Waals surface area contributed by atoms with Crippen molar-refractivity contribution in [3.8, 4) is 5.75 Å². The average Bonchev–Trinajstić information content (AvgIpc) is 2.75. The van der Waals surface area contributed by atoms with Crippen LogP contribution >= 0.6 is 0 Å². The van der Waals surface area contributed by atoms with Crippen LogP contribution in [0.3, 0.4) is 0 Å². The molecule has 0 aliphatic rings. The Kier molecular flexibility index (Phi) is 4.42. The molecule has 0 fully saturated rings. The maximum absolute atomic E-state index is 11.6. The average molecular weight is 305 g/mol. The van der Waals surface area contributed by atoms with Gasteiger partial charge in [-0.15, -0.1) is 0 Å². The molecule has 0 aliphatic heterocycles. The van der Waals surface area contributed by atoms with Crippen LogP contribution in [0.5, 0.6) is 5.75 Å². The minimum atomic E-state index is -0.748. The topological polar surface area (TPSA) is 90.4 Å². The molecular formula is C16H23N3O3. The number of nitrogens with zero attached hydrogens (tertiary/aromatic N) is 2. The van der Waals surface area contributed by atoms with Crippen molar-refractivity contribution in [1.82, 2.24) is 9.78 Å². The molecule has 0 saturated carbocycles. The van der Waals surface area contributed by atoms with E-state index in [1.165, 1.54) is 0 Å². The smallest absolute Gasteiger partial charge is 0.252 e. The van der Waals surface area contributed by atoms with Crippen molar-refractivity contribution in [3.63, 3.8) is 0 Å². The first-order valence-corrected chi connectivity index (χ1v) is 7.36. The summed E-state index contributed by atoms with van der Waals surface area (Å²) in [5.74, 6) is -0.0791. The second-order valence-electron chi connectivity index (χ2n) is 6.39. The molecule has 0 bridgehead atoms. The number of hydrogen-bond donors (Lipinski definition) is 2. The van der Waals surface area contributed by atoms with E-state index < -0.39 is 11.5 Å². The van der Waals surface area contributed by atoms with Gasteiger partial charge in [0, 0.05) is 24.2 Å². The van der Waals surface area contributed by atoms with E-state index in [-0.39, 0.29) is 6.10 Å². The normalized spacial score (nSPS) is 12.1. The fourth-order valence-electron chi connectivity index (χ4n) is 2.15. The van der Waals surface area contributed by atoms with Gasteiger partial charge in [0.2, 0.25) is 0 Å². The highest BCUT2D eigenvalue weighted by Gasteiger charge is 2.16. The number of amides is 1. The van der Waals surface area contributed by atoms with Crippen molar-refractivity contribution in [1.29, 1.82) is 0 Å². The fraction of sp³-hybridized carbons (Fsp3) is 0.500. The summed E-state index contributed by atoms with van der Waals surface area (Å²) in [6, 6.07) is 3.43. The number of fused-ring (bicyclic) bond motifs is 1. The molecule has 0 spiro atoms. The molecule has 2 rings (SSSR count). The molecule has 120 valence electrons. The Morgan fingerprint density at radius 2 is 2.14 bits per heavy atom. The first-order chi connectivity index (χ1) is 10.2. The third-order valence-electron chi connectivity index (χ3n) is 3.23. The molecule has 1 aromatic heterocycles. The lowest BCUT2D eigenvalue weighted by Crippen LogP contribution is -2.21. The molecule has 1 aromatic carbocycles. The van der Waals surface area contributed by atoms with Crippen LogP contribution in [0, 0.1) is 0 Å². The number of carbonyl (C=O) groups is 1. The summed E-state index contributed by atoms with van der Waals surface area (Å²) in [5.41, 5.74) is 5.76. The maximum atomic E-state index is 11.6. The predicted octanol–water partition coefficient (Wildman–Crippen LogP) is 2.08. The molecule has 2 aromatic rings. The van der Waals surface area contributed by atoms with Crippen LogP contribution in [0.1, 0.15) is 44.5 Å². The molecule has 0 radical (unpaired) electrons. The molecular weight excluding hydrogens is 282 g/mol. The van der Waals surface area contributed by atoms with E-state index in [2.05, 4.69) is 5.10 Å². The van der Waals surface area contributed by atoms with E-state index in [0.29, 0.717) is 24.3 Å². The Bertz CT molecular complexity index is 684. The fourth-order valence-corrected chi connectivity index (χ4v) is 2.15. The number of carbonyl (C=O) groups excluding carboxylic acids is 1. The number of aliphatic hydroxyl groups is 1. The molecule has 0 atom stereocenters. The zero-order valence-corrected chi connectivity index (χ0v) is 13.5. The van der Waals surface area contributed by atoms with Crippen molar-refractivity contribution in [2.24, 2.45) is 5.73 Å². The summed E-state index contributed by atoms with van der Waals surface area (Å²) >= 11 is 0. The van der Waals surface area contributed by atoms with Gasteiger partial charge in [0.15, 0.2) is 0 Å². The molecule has 0 unspecified atom stereocenters. The van der Waals surface area contributed by atoms with Crippen molar-refractivity contribution in [2.75, 3.05) is 0 Å². The molecule has 22 heavy (non-hydrogen) atoms. The number of ether oxygens (including phenoxy) is 1. The van der Waals surface area contributed by atoms with E-state index in [0.717, 1.165) is 10.9 Å². The summed E-state index contributed by atoms with van der Waals surface area (Å²) in [7, 11) is 0. The molecule has 6 nitrogen and oxygen atoms in total. The second-order valence-corrected chi connectivity index (χ2v) is 6.39. The van der Waals surface area contributed by atoms with Gasteiger partial charge in [0.25, 0.3) is 5.91 Å². The lowest BCUT2D eigenvalue weighted by Gasteiger charge is -2.16. The Morgan fingerprint density at radius 3 is 2.68 bits per heavy atom. The van der Waals surface area contributed by atoms with Crippen LogP contribution in [0.25, 0.3) is 10.9 Å². The van der Waals surface area contributed by atoms with E-state index in [1.54, 1.807) is 30.7 Å². The molecule has 1 amide bonds. The lowest BCUT2D eigenvalue weighted by atomic mass is 10.1. The van der Waals surface area contributed by atoms with Crippen molar-refractivity contribution >= 4 is 16.8 Å². The maximum Gasteiger partial charge on any atom is 0.252 e. The molecule has 0 aliphatic carbocycles. The standard InChI is InChI=1S/C16H23N3O3/c1-10(2)22-14-8-13-11(7-12(14)15(17)20)9-19(18-13)6-5-16(3,4)21/h7-10,21H,5-6H2,1-4H3,(H2,17,20). The monoisotopic (exact) mass is 305 g/mol. The highest BCUT2D eigenvalue weighted by molar-refractivity contribution is 6.00. The number of aryl methyl sites for hydroxylation is 1. The van der Waals surface area contributed by atoms with Crippen molar-refractivity contribution in [2.45, 2.75) is 52.4 Å². The van der Waals surface area contributed by atoms with Crippen molar-refractivity contribution in [3.05, 3.63) is 23.9 Å². The Morgan fingerprint density at radius 1 is 1.45 bits per heavy atom. The van der Waals surface area contributed by atoms with Crippen LogP contribution < -0.4 is 10.5 Å². The third kappa shape index (κ3) is 3.98. The minimum Gasteiger partial charge on any atom is -0.490 e. The van der Waals surface area contributed by atoms with Gasteiger partial charge < -0.3 is 15.6 Å². The summed E-state index contributed by atoms with van der Waals surface area (Å²) in [4.78, 5) is 11.6. The minimum absolute atomic E-state index is 0.0622. The highest BCUT2D eigenvalue weighted by Crippen LogP contribution is 2.26. The third-order valence-corrected chi connectivity index (χ3v) is 3.23. The van der Waals surface area contributed by atoms with Gasteiger partial charge in [0.1, 0.15) is 5.75 Å². The van der Waals surface area contributed by atoms with Crippen LogP contribution in [0.15, 0.2) is 18.3 Å². The number of benzene rings is 1. The van der Waals surface area contributed by atoms with Gasteiger partial charge in [0.05, 0.1) is 22.8 Å². The van der Waals surface area contributed by atoms with E-state index in [4.69, 9.17) is 10.5 Å². The lowest BCUT2D eigenvalue weighted by molar-refractivity contribution is 0.0651. The van der Waals surface area contributed by atoms with Crippen molar-refractivity contribution < 1.29 is 14.6 Å². The predicted molar refractivity (Wildman–Crippen MR) is 84.9 cm³/mol. The van der Waals surface area contributed by atoms with Crippen LogP contribution in [0.4, 0.5) is 0 Å². The quantitative estimate of drug-likeness (QED) is 0.855. The molecule has 6 heteroatoms. The summed E-state index contributed by atoms with van der Waals surface area (Å²) in [6.45, 7) is 7.88. The van der Waals surface area contributed by atoms with E-state index >= 15 is 0 Å². The zero-order chi connectivity index (χ0) is 16.5. The number of rotatable bonds is 6. The molecule has 1 heterocycles. The first kappa shape index (κ1) is 16.3. The van der Waals surface area contributed by atoms with Crippen LogP contribution in [-0.2, 0) is 6.54 Å². The Labute approximate surface area is 129 Å². The Balaban J connectivity index is 2.37. The molecule has 0 saturated heterocycles. The molecule has 3 N–H and O–H groups in total. The van der Waals surface area contributed by atoms with Gasteiger partial charge in [-0.1, -0.05) is 0 Å². The van der Waals surface area contributed by atoms with Gasteiger partial charge in [-0.05, 0) is 40.2 Å². The van der Waals surface area contributed by atoms with E-state index in [9.17, 15) is 9.90 Å². The number of primary amides is 1. The van der Waals surface area contributed by atoms with Gasteiger partial charge >= 0.3 is 0 Å². The first-order valence-electron chi connectivity index (χ1n) is 7.36. The highest BCUT2D eigenvalue weighted by atomic mass is 16.5. The van der Waals surface area contributed by atoms with Crippen LogP contribution in [-0.4, -0.2) is 32.5 Å². The van der Waals surface area contributed by atoms with E-state index in [1.807, 2.05) is 20.0 Å². The second kappa shape index (κ2) is 5.96. The largest absolute Gasteiger partial charge is 0.490 e. The van der Waals surface area contributed by atoms with Crippen LogP contribution in [0.2, 0.25) is 0 Å². The van der Waals surface area contributed by atoms with Gasteiger partial charge in [-0.3, -0.25) is 9.48 Å². The summed E-state index contributed by atoms with van der Waals surface area (Å²) < 4.78 is 7.40. The SMILES string of the molecule is CC(C)Oc1cc2nn(CCC(C)(C)O)cc2cc1C(N)=O. The Hall–Kier alpha value is -2.08. The van der Waals surface area contributed by atoms with Gasteiger partial charge in [-0.2, -0.15) is 5.10 Å². The number of aromatic nitrogens is 2. The summed E-state index contributed by atoms with van der Waals surface area (Å²) in [6.07, 6.45) is 2.36. The summed E-state index contributed by atoms with van der Waals surface area (Å²) in [5, 5.41) is 15.1. The zero-order valence-electron chi connectivity index (χ0n) is 13.5.